The summed E-state index contributed by atoms with van der Waals surface area (Å²) in [6, 6.07) is 5.21. The molecule has 2 aromatic heterocycles. The second-order valence-electron chi connectivity index (χ2n) is 6.94. The summed E-state index contributed by atoms with van der Waals surface area (Å²) in [4.78, 5) is 10.9. The van der Waals surface area contributed by atoms with Gasteiger partial charge in [0, 0.05) is 18.7 Å². The largest absolute Gasteiger partial charge is 0.480 e. The van der Waals surface area contributed by atoms with Gasteiger partial charge in [0.05, 0.1) is 12.7 Å². The molecule has 26 heavy (non-hydrogen) atoms. The molecule has 0 amide bonds. The summed E-state index contributed by atoms with van der Waals surface area (Å²) in [6.07, 6.45) is 3.63. The van der Waals surface area contributed by atoms with E-state index in [2.05, 4.69) is 26.9 Å². The highest BCUT2D eigenvalue weighted by atomic mass is 19.1. The summed E-state index contributed by atoms with van der Waals surface area (Å²) >= 11 is 0. The molecule has 0 spiro atoms. The molecule has 3 heterocycles. The molecule has 0 radical (unpaired) electrons. The van der Waals surface area contributed by atoms with Gasteiger partial charge in [-0.3, -0.25) is 0 Å². The molecule has 0 N–H and O–H groups in total. The minimum absolute atomic E-state index is 0.295. The standard InChI is InChI=1S/C19H22FN5O/c1-12-6-8-24(9-7-12)18-16(14-5-4-13(2)10-15(14)20)17(26-3)23-19-21-11-22-25(18)19/h4-5,10-12H,6-9H2,1-3H3. The van der Waals surface area contributed by atoms with Gasteiger partial charge in [-0.15, -0.1) is 0 Å². The monoisotopic (exact) mass is 355 g/mol. The Hall–Kier alpha value is -2.70. The van der Waals surface area contributed by atoms with Gasteiger partial charge in [-0.25, -0.2) is 4.39 Å². The lowest BCUT2D eigenvalue weighted by Crippen LogP contribution is -2.35. The first-order valence-electron chi connectivity index (χ1n) is 8.87. The highest BCUT2D eigenvalue weighted by Crippen LogP contribution is 2.40. The summed E-state index contributed by atoms with van der Waals surface area (Å²) in [7, 11) is 1.55. The van der Waals surface area contributed by atoms with Crippen molar-refractivity contribution in [1.82, 2.24) is 19.6 Å². The molecular weight excluding hydrogens is 333 g/mol. The second-order valence-corrected chi connectivity index (χ2v) is 6.94. The number of fused-ring (bicyclic) bond motifs is 1. The number of rotatable bonds is 3. The molecule has 1 aliphatic rings. The Kier molecular flexibility index (Phi) is 4.22. The summed E-state index contributed by atoms with van der Waals surface area (Å²) in [5.74, 6) is 1.99. The zero-order valence-electron chi connectivity index (χ0n) is 15.2. The number of nitrogens with zero attached hydrogens (tertiary/aromatic N) is 5. The first-order valence-corrected chi connectivity index (χ1v) is 8.87. The SMILES string of the molecule is COc1nc2ncnn2c(N2CCC(C)CC2)c1-c1ccc(C)cc1F. The summed E-state index contributed by atoms with van der Waals surface area (Å²) in [5, 5.41) is 4.35. The number of piperidine rings is 1. The molecule has 136 valence electrons. The number of benzene rings is 1. The summed E-state index contributed by atoms with van der Waals surface area (Å²) in [5.41, 5.74) is 1.96. The number of methoxy groups -OCH3 is 1. The lowest BCUT2D eigenvalue weighted by molar-refractivity contribution is 0.397. The van der Waals surface area contributed by atoms with E-state index in [0.717, 1.165) is 37.3 Å². The van der Waals surface area contributed by atoms with Crippen molar-refractivity contribution in [2.24, 2.45) is 5.92 Å². The maximum absolute atomic E-state index is 14.8. The number of ether oxygens (including phenoxy) is 1. The molecule has 0 atom stereocenters. The van der Waals surface area contributed by atoms with Gasteiger partial charge in [0.2, 0.25) is 5.88 Å². The van der Waals surface area contributed by atoms with Crippen molar-refractivity contribution in [2.45, 2.75) is 26.7 Å². The van der Waals surface area contributed by atoms with Crippen LogP contribution in [0.5, 0.6) is 5.88 Å². The molecule has 3 aromatic rings. The van der Waals surface area contributed by atoms with Gasteiger partial charge >= 0.3 is 0 Å². The van der Waals surface area contributed by atoms with E-state index in [1.54, 1.807) is 17.7 Å². The normalized spacial score (nSPS) is 15.6. The fraction of sp³-hybridized carbons (Fsp3) is 0.421. The van der Waals surface area contributed by atoms with Crippen LogP contribution < -0.4 is 9.64 Å². The number of hydrogen-bond acceptors (Lipinski definition) is 5. The van der Waals surface area contributed by atoms with Crippen LogP contribution in [0, 0.1) is 18.7 Å². The van der Waals surface area contributed by atoms with Crippen molar-refractivity contribution in [3.05, 3.63) is 35.9 Å². The van der Waals surface area contributed by atoms with Gasteiger partial charge in [0.15, 0.2) is 0 Å². The molecule has 0 unspecified atom stereocenters. The van der Waals surface area contributed by atoms with Crippen LogP contribution in [0.4, 0.5) is 10.2 Å². The number of anilines is 1. The van der Waals surface area contributed by atoms with E-state index in [0.29, 0.717) is 28.7 Å². The Labute approximate surface area is 151 Å². The molecule has 0 bridgehead atoms. The third kappa shape index (κ3) is 2.77. The molecule has 4 rings (SSSR count). The topological polar surface area (TPSA) is 55.6 Å². The van der Waals surface area contributed by atoms with E-state index >= 15 is 0 Å². The zero-order valence-corrected chi connectivity index (χ0v) is 15.2. The lowest BCUT2D eigenvalue weighted by Gasteiger charge is -2.33. The van der Waals surface area contributed by atoms with Gasteiger partial charge in [-0.1, -0.05) is 19.1 Å². The summed E-state index contributed by atoms with van der Waals surface area (Å²) in [6.45, 7) is 5.89. The highest BCUT2D eigenvalue weighted by molar-refractivity contribution is 5.82. The fourth-order valence-corrected chi connectivity index (χ4v) is 3.53. The number of hydrogen-bond donors (Lipinski definition) is 0. The molecule has 0 aliphatic carbocycles. The minimum atomic E-state index is -0.295. The molecule has 1 fully saturated rings. The Morgan fingerprint density at radius 2 is 2.00 bits per heavy atom. The van der Waals surface area contributed by atoms with Crippen LogP contribution in [0.1, 0.15) is 25.3 Å². The Morgan fingerprint density at radius 3 is 2.69 bits per heavy atom. The molecule has 1 aliphatic heterocycles. The van der Waals surface area contributed by atoms with Crippen molar-refractivity contribution in [1.29, 1.82) is 0 Å². The van der Waals surface area contributed by atoms with E-state index in [4.69, 9.17) is 4.74 Å². The van der Waals surface area contributed by atoms with Gasteiger partial charge < -0.3 is 9.64 Å². The maximum atomic E-state index is 14.8. The van der Waals surface area contributed by atoms with E-state index in [1.165, 1.54) is 12.4 Å². The van der Waals surface area contributed by atoms with Crippen molar-refractivity contribution in [3.8, 4) is 17.0 Å². The van der Waals surface area contributed by atoms with E-state index < -0.39 is 0 Å². The zero-order chi connectivity index (χ0) is 18.3. The van der Waals surface area contributed by atoms with Crippen LogP contribution in [-0.4, -0.2) is 39.8 Å². The van der Waals surface area contributed by atoms with Gasteiger partial charge in [-0.2, -0.15) is 19.6 Å². The van der Waals surface area contributed by atoms with E-state index in [9.17, 15) is 4.39 Å². The highest BCUT2D eigenvalue weighted by Gasteiger charge is 2.27. The molecule has 0 saturated carbocycles. The average molecular weight is 355 g/mol. The van der Waals surface area contributed by atoms with Crippen molar-refractivity contribution >= 4 is 11.6 Å². The molecule has 1 aromatic carbocycles. The van der Waals surface area contributed by atoms with Crippen LogP contribution in [0.2, 0.25) is 0 Å². The van der Waals surface area contributed by atoms with Crippen molar-refractivity contribution in [2.75, 3.05) is 25.1 Å². The van der Waals surface area contributed by atoms with Crippen LogP contribution in [0.15, 0.2) is 24.5 Å². The summed E-state index contributed by atoms with van der Waals surface area (Å²) < 4.78 is 22.1. The van der Waals surface area contributed by atoms with Gasteiger partial charge in [-0.05, 0) is 37.3 Å². The van der Waals surface area contributed by atoms with Crippen LogP contribution in [0.3, 0.4) is 0 Å². The average Bonchev–Trinajstić information content (AvgIpc) is 3.09. The van der Waals surface area contributed by atoms with E-state index in [-0.39, 0.29) is 5.82 Å². The lowest BCUT2D eigenvalue weighted by atomic mass is 9.98. The molecular formula is C19H22FN5O. The smallest absolute Gasteiger partial charge is 0.257 e. The third-order valence-electron chi connectivity index (χ3n) is 5.04. The van der Waals surface area contributed by atoms with Gasteiger partial charge in [0.25, 0.3) is 5.78 Å². The first-order chi connectivity index (χ1) is 12.6. The van der Waals surface area contributed by atoms with Crippen LogP contribution in [0.25, 0.3) is 16.9 Å². The quantitative estimate of drug-likeness (QED) is 0.720. The van der Waals surface area contributed by atoms with Gasteiger partial charge in [0.1, 0.15) is 18.0 Å². The Bertz CT molecular complexity index is 946. The predicted octanol–water partition coefficient (Wildman–Crippen LogP) is 3.48. The Morgan fingerprint density at radius 1 is 1.23 bits per heavy atom. The maximum Gasteiger partial charge on any atom is 0.257 e. The van der Waals surface area contributed by atoms with Crippen LogP contribution >= 0.6 is 0 Å². The fourth-order valence-electron chi connectivity index (χ4n) is 3.53. The number of halogens is 1. The van der Waals surface area contributed by atoms with Crippen molar-refractivity contribution < 1.29 is 9.13 Å². The molecule has 7 heteroatoms. The predicted molar refractivity (Wildman–Crippen MR) is 98.1 cm³/mol. The first kappa shape index (κ1) is 16.8. The number of aromatic nitrogens is 4. The van der Waals surface area contributed by atoms with E-state index in [1.807, 2.05) is 13.0 Å². The minimum Gasteiger partial charge on any atom is -0.480 e. The molecule has 6 nitrogen and oxygen atoms in total. The molecule has 1 saturated heterocycles. The third-order valence-corrected chi connectivity index (χ3v) is 5.04. The van der Waals surface area contributed by atoms with Crippen LogP contribution in [-0.2, 0) is 0 Å². The van der Waals surface area contributed by atoms with Crippen molar-refractivity contribution in [3.63, 3.8) is 0 Å². The second kappa shape index (κ2) is 6.55. The Balaban J connectivity index is 1.99. The number of aryl methyl sites for hydroxylation is 1.